The first-order chi connectivity index (χ1) is 7.56. The maximum Gasteiger partial charge on any atom is 0.231 e. The summed E-state index contributed by atoms with van der Waals surface area (Å²) in [7, 11) is 1.76. The van der Waals surface area contributed by atoms with Crippen molar-refractivity contribution < 1.29 is 9.59 Å². The van der Waals surface area contributed by atoms with Gasteiger partial charge in [0.25, 0.3) is 0 Å². The Morgan fingerprint density at radius 2 is 1.56 bits per heavy atom. The average Bonchev–Trinajstić information content (AvgIpc) is 2.27. The molecule has 0 aromatic carbocycles. The minimum absolute atomic E-state index is 0.00188. The average molecular weight is 228 g/mol. The number of rotatable bonds is 7. The predicted octanol–water partition coefficient (Wildman–Crippen LogP) is 1.50. The van der Waals surface area contributed by atoms with Crippen LogP contribution in [0.4, 0.5) is 0 Å². The van der Waals surface area contributed by atoms with Gasteiger partial charge in [-0.1, -0.05) is 13.3 Å². The Balaban J connectivity index is 4.07. The number of amides is 2. The second-order valence-corrected chi connectivity index (χ2v) is 3.91. The Kier molecular flexibility index (Phi) is 7.60. The molecule has 4 nitrogen and oxygen atoms in total. The zero-order chi connectivity index (χ0) is 12.6. The van der Waals surface area contributed by atoms with Gasteiger partial charge >= 0.3 is 0 Å². The summed E-state index contributed by atoms with van der Waals surface area (Å²) in [5.74, 6) is -0.149. The molecule has 0 N–H and O–H groups in total. The van der Waals surface area contributed by atoms with E-state index in [4.69, 9.17) is 0 Å². The van der Waals surface area contributed by atoms with Gasteiger partial charge in [0, 0.05) is 26.7 Å². The van der Waals surface area contributed by atoms with Crippen LogP contribution in [0.25, 0.3) is 0 Å². The topological polar surface area (TPSA) is 40.6 Å². The number of nitrogens with zero attached hydrogens (tertiary/aromatic N) is 2. The number of unbranched alkanes of at least 4 members (excludes halogenated alkanes) is 1. The van der Waals surface area contributed by atoms with Crippen LogP contribution in [-0.4, -0.2) is 48.3 Å². The number of hydrogen-bond donors (Lipinski definition) is 0. The van der Waals surface area contributed by atoms with E-state index in [1.165, 1.54) is 0 Å². The third kappa shape index (κ3) is 5.14. The van der Waals surface area contributed by atoms with Crippen molar-refractivity contribution in [3.8, 4) is 0 Å². The van der Waals surface area contributed by atoms with Crippen LogP contribution >= 0.6 is 0 Å². The summed E-state index contributed by atoms with van der Waals surface area (Å²) in [5, 5.41) is 0. The molecule has 94 valence electrons. The van der Waals surface area contributed by atoms with Crippen molar-refractivity contribution in [1.29, 1.82) is 0 Å². The van der Waals surface area contributed by atoms with Crippen LogP contribution in [0.1, 0.15) is 40.0 Å². The van der Waals surface area contributed by atoms with Crippen molar-refractivity contribution in [3.63, 3.8) is 0 Å². The first-order valence-corrected chi connectivity index (χ1v) is 6.08. The predicted molar refractivity (Wildman–Crippen MR) is 65.1 cm³/mol. The van der Waals surface area contributed by atoms with Crippen molar-refractivity contribution in [2.75, 3.05) is 26.7 Å². The fourth-order valence-corrected chi connectivity index (χ4v) is 1.47. The molecule has 0 aliphatic heterocycles. The van der Waals surface area contributed by atoms with Gasteiger partial charge in [0.15, 0.2) is 0 Å². The summed E-state index contributed by atoms with van der Waals surface area (Å²) < 4.78 is 0. The van der Waals surface area contributed by atoms with Crippen molar-refractivity contribution in [2.24, 2.45) is 0 Å². The van der Waals surface area contributed by atoms with Gasteiger partial charge in [-0.25, -0.2) is 0 Å². The second-order valence-electron chi connectivity index (χ2n) is 3.91. The molecule has 0 unspecified atom stereocenters. The molecule has 2 amide bonds. The lowest BCUT2D eigenvalue weighted by Gasteiger charge is -2.21. The summed E-state index contributed by atoms with van der Waals surface area (Å²) in [6, 6.07) is 0. The summed E-state index contributed by atoms with van der Waals surface area (Å²) >= 11 is 0. The van der Waals surface area contributed by atoms with Gasteiger partial charge < -0.3 is 9.80 Å². The number of carbonyl (C=O) groups is 2. The Bertz CT molecular complexity index is 225. The van der Waals surface area contributed by atoms with Crippen LogP contribution in [0, 0.1) is 0 Å². The highest BCUT2D eigenvalue weighted by Gasteiger charge is 2.16. The highest BCUT2D eigenvalue weighted by atomic mass is 16.2. The Morgan fingerprint density at radius 3 is 2.00 bits per heavy atom. The van der Waals surface area contributed by atoms with E-state index in [9.17, 15) is 9.59 Å². The molecule has 0 saturated heterocycles. The lowest BCUT2D eigenvalue weighted by atomic mass is 10.3. The summed E-state index contributed by atoms with van der Waals surface area (Å²) in [5.41, 5.74) is 0. The number of carbonyl (C=O) groups excluding carboxylic acids is 2. The van der Waals surface area contributed by atoms with E-state index in [1.807, 2.05) is 13.8 Å². The molecule has 0 atom stereocenters. The molecule has 0 aliphatic rings. The lowest BCUT2D eigenvalue weighted by Crippen LogP contribution is -2.36. The van der Waals surface area contributed by atoms with Crippen LogP contribution in [0.3, 0.4) is 0 Å². The molecule has 0 saturated carbocycles. The Morgan fingerprint density at radius 1 is 1.00 bits per heavy atom. The zero-order valence-corrected chi connectivity index (χ0v) is 11.0. The second kappa shape index (κ2) is 8.13. The normalized spacial score (nSPS) is 10.0. The molecule has 4 heteroatoms. The van der Waals surface area contributed by atoms with Gasteiger partial charge in [-0.15, -0.1) is 0 Å². The van der Waals surface area contributed by atoms with Crippen LogP contribution in [-0.2, 0) is 9.59 Å². The first kappa shape index (κ1) is 14.9. The maximum atomic E-state index is 11.7. The Hall–Kier alpha value is -1.06. The fraction of sp³-hybridized carbons (Fsp3) is 0.833. The van der Waals surface area contributed by atoms with Crippen molar-refractivity contribution in [1.82, 2.24) is 9.80 Å². The highest BCUT2D eigenvalue weighted by Crippen LogP contribution is 1.99. The van der Waals surface area contributed by atoms with Gasteiger partial charge in [-0.3, -0.25) is 9.59 Å². The molecule has 0 heterocycles. The summed E-state index contributed by atoms with van der Waals surface area (Å²) in [4.78, 5) is 26.7. The molecular weight excluding hydrogens is 204 g/mol. The van der Waals surface area contributed by atoms with Gasteiger partial charge in [0.2, 0.25) is 11.8 Å². The Labute approximate surface area is 98.6 Å². The molecule has 0 rings (SSSR count). The fourth-order valence-electron chi connectivity index (χ4n) is 1.47. The summed E-state index contributed by atoms with van der Waals surface area (Å²) in [6.07, 6.45) is 2.05. The summed E-state index contributed by atoms with van der Waals surface area (Å²) in [6.45, 7) is 8.00. The third-order valence-corrected chi connectivity index (χ3v) is 2.69. The van der Waals surface area contributed by atoms with Crippen molar-refractivity contribution >= 4 is 11.8 Å². The van der Waals surface area contributed by atoms with Crippen LogP contribution in [0.2, 0.25) is 0 Å². The van der Waals surface area contributed by atoms with E-state index in [0.717, 1.165) is 19.4 Å². The SMILES string of the molecule is CCCCN(C)C(=O)CC(=O)N(CC)CC. The van der Waals surface area contributed by atoms with Crippen LogP contribution < -0.4 is 0 Å². The molecule has 0 bridgehead atoms. The van der Waals surface area contributed by atoms with Crippen LogP contribution in [0.5, 0.6) is 0 Å². The number of hydrogen-bond acceptors (Lipinski definition) is 2. The largest absolute Gasteiger partial charge is 0.345 e. The zero-order valence-electron chi connectivity index (χ0n) is 11.0. The van der Waals surface area contributed by atoms with E-state index in [2.05, 4.69) is 6.92 Å². The van der Waals surface area contributed by atoms with Crippen molar-refractivity contribution in [3.05, 3.63) is 0 Å². The van der Waals surface area contributed by atoms with Gasteiger partial charge in [-0.2, -0.15) is 0 Å². The van der Waals surface area contributed by atoms with E-state index in [1.54, 1.807) is 16.8 Å². The standard InChI is InChI=1S/C12H24N2O2/c1-5-8-9-13(4)11(15)10-12(16)14(6-2)7-3/h5-10H2,1-4H3. The molecule has 0 aliphatic carbocycles. The van der Waals surface area contributed by atoms with E-state index in [0.29, 0.717) is 13.1 Å². The molecule has 0 spiro atoms. The molecule has 0 radical (unpaired) electrons. The van der Waals surface area contributed by atoms with Crippen molar-refractivity contribution in [2.45, 2.75) is 40.0 Å². The third-order valence-electron chi connectivity index (χ3n) is 2.69. The highest BCUT2D eigenvalue weighted by molar-refractivity contribution is 5.96. The quantitative estimate of drug-likeness (QED) is 0.620. The van der Waals surface area contributed by atoms with Crippen LogP contribution in [0.15, 0.2) is 0 Å². The van der Waals surface area contributed by atoms with Gasteiger partial charge in [-0.05, 0) is 20.3 Å². The molecule has 0 fully saturated rings. The van der Waals surface area contributed by atoms with E-state index < -0.39 is 0 Å². The van der Waals surface area contributed by atoms with E-state index in [-0.39, 0.29) is 18.2 Å². The minimum atomic E-state index is -0.0784. The lowest BCUT2D eigenvalue weighted by molar-refractivity contribution is -0.139. The molecule has 0 aromatic heterocycles. The molecule has 0 aromatic rings. The monoisotopic (exact) mass is 228 g/mol. The smallest absolute Gasteiger partial charge is 0.231 e. The van der Waals surface area contributed by atoms with E-state index >= 15 is 0 Å². The molecule has 16 heavy (non-hydrogen) atoms. The first-order valence-electron chi connectivity index (χ1n) is 6.08. The minimum Gasteiger partial charge on any atom is -0.345 e. The van der Waals surface area contributed by atoms with Gasteiger partial charge in [0.1, 0.15) is 6.42 Å². The van der Waals surface area contributed by atoms with Gasteiger partial charge in [0.05, 0.1) is 0 Å². The molecular formula is C12H24N2O2. The maximum absolute atomic E-state index is 11.7.